The van der Waals surface area contributed by atoms with Crippen LogP contribution < -0.4 is 5.19 Å². The van der Waals surface area contributed by atoms with Gasteiger partial charge in [0.25, 0.3) is 0 Å². The molecule has 0 amide bonds. The van der Waals surface area contributed by atoms with Gasteiger partial charge in [0.05, 0.1) is 0 Å². The van der Waals surface area contributed by atoms with Crippen molar-refractivity contribution in [1.29, 1.82) is 0 Å². The van der Waals surface area contributed by atoms with E-state index in [-0.39, 0.29) is 18.3 Å². The molecule has 2 nitrogen and oxygen atoms in total. The van der Waals surface area contributed by atoms with Gasteiger partial charge >= 0.3 is 206 Å². The van der Waals surface area contributed by atoms with Crippen LogP contribution in [0.4, 0.5) is 0 Å². The van der Waals surface area contributed by atoms with E-state index >= 15 is 0 Å². The summed E-state index contributed by atoms with van der Waals surface area (Å²) in [6.07, 6.45) is 8.08. The normalized spacial score (nSPS) is 19.3. The molecular formula is C27H51BO2SiSn. The standard InChI is InChI=1S/C15H24BO2Si.3C4H9.Sn/c1-14(2)15(3,4)18-16(17-14)12-19(5,6)13-10-8-7-9-11-13;3*1-3-4-2;/h7-12H,1-6H3;3*1,3-4H2,2H3;. The summed E-state index contributed by atoms with van der Waals surface area (Å²) in [5, 5.41) is 1.59. The van der Waals surface area contributed by atoms with E-state index in [2.05, 4.69) is 91.9 Å². The Morgan fingerprint density at radius 3 is 1.56 bits per heavy atom. The van der Waals surface area contributed by atoms with Gasteiger partial charge < -0.3 is 0 Å². The van der Waals surface area contributed by atoms with Crippen LogP contribution in [0.25, 0.3) is 0 Å². The van der Waals surface area contributed by atoms with Gasteiger partial charge in [0.15, 0.2) is 0 Å². The Morgan fingerprint density at radius 2 is 1.19 bits per heavy atom. The molecule has 0 bridgehead atoms. The Morgan fingerprint density at radius 1 is 0.781 bits per heavy atom. The summed E-state index contributed by atoms with van der Waals surface area (Å²) >= 11 is -2.69. The predicted molar refractivity (Wildman–Crippen MR) is 148 cm³/mol. The third-order valence-corrected chi connectivity index (χ3v) is 38.6. The minimum atomic E-state index is -2.69. The zero-order valence-corrected chi connectivity index (χ0v) is 26.6. The van der Waals surface area contributed by atoms with E-state index in [9.17, 15) is 0 Å². The average molecular weight is 565 g/mol. The Bertz CT molecular complexity index is 654. The first-order valence-electron chi connectivity index (χ1n) is 13.4. The van der Waals surface area contributed by atoms with E-state index in [4.69, 9.17) is 9.31 Å². The molecule has 0 spiro atoms. The Labute approximate surface area is 205 Å². The molecule has 1 unspecified atom stereocenters. The zero-order valence-electron chi connectivity index (χ0n) is 22.7. The number of hydrogen-bond acceptors (Lipinski definition) is 2. The summed E-state index contributed by atoms with van der Waals surface area (Å²) in [4.78, 5) is 0. The maximum atomic E-state index is 6.94. The molecule has 0 saturated carbocycles. The third-order valence-electron chi connectivity index (χ3n) is 8.58. The first kappa shape index (κ1) is 28.5. The molecule has 1 aromatic rings. The molecule has 5 heteroatoms. The van der Waals surface area contributed by atoms with Gasteiger partial charge in [0.1, 0.15) is 0 Å². The summed E-state index contributed by atoms with van der Waals surface area (Å²) in [6, 6.07) is 11.5. The van der Waals surface area contributed by atoms with E-state index < -0.39 is 26.5 Å². The Hall–Kier alpha value is 0.221. The van der Waals surface area contributed by atoms with Crippen molar-refractivity contribution in [3.8, 4) is 0 Å². The third kappa shape index (κ3) is 6.26. The van der Waals surface area contributed by atoms with Crippen LogP contribution in [0, 0.1) is 0 Å². The molecule has 1 aromatic carbocycles. The van der Waals surface area contributed by atoms with Crippen molar-refractivity contribution < 1.29 is 9.31 Å². The molecule has 1 atom stereocenters. The summed E-state index contributed by atoms with van der Waals surface area (Å²) in [5.41, 5.74) is -0.510. The molecule has 1 saturated heterocycles. The minimum absolute atomic E-state index is 0.0387. The van der Waals surface area contributed by atoms with Gasteiger partial charge in [0, 0.05) is 0 Å². The van der Waals surface area contributed by atoms with E-state index in [1.165, 1.54) is 51.8 Å². The van der Waals surface area contributed by atoms with Crippen LogP contribution in [0.1, 0.15) is 87.0 Å². The quantitative estimate of drug-likeness (QED) is 0.226. The fourth-order valence-electron chi connectivity index (χ4n) is 5.89. The number of hydrogen-bond donors (Lipinski definition) is 0. The fourth-order valence-corrected chi connectivity index (χ4v) is 43.0. The molecule has 1 heterocycles. The van der Waals surface area contributed by atoms with Crippen LogP contribution in [0.2, 0.25) is 29.9 Å². The van der Waals surface area contributed by atoms with Crippen LogP contribution in [-0.4, -0.2) is 44.8 Å². The number of unbranched alkanes of at least 4 members (excludes halogenated alkanes) is 3. The Kier molecular flexibility index (Phi) is 10.5. The van der Waals surface area contributed by atoms with E-state index in [1.807, 2.05) is 0 Å². The molecule has 1 aliphatic heterocycles. The molecule has 2 rings (SSSR count). The monoisotopic (exact) mass is 566 g/mol. The second-order valence-corrected chi connectivity index (χ2v) is 32.0. The molecule has 0 N–H and O–H groups in total. The van der Waals surface area contributed by atoms with Gasteiger partial charge in [-0.05, 0) is 0 Å². The second kappa shape index (κ2) is 11.8. The van der Waals surface area contributed by atoms with Gasteiger partial charge in [-0.1, -0.05) is 0 Å². The van der Waals surface area contributed by atoms with E-state index in [0.717, 1.165) is 0 Å². The molecule has 182 valence electrons. The van der Waals surface area contributed by atoms with Crippen molar-refractivity contribution in [2.24, 2.45) is 0 Å². The van der Waals surface area contributed by atoms with Gasteiger partial charge in [-0.25, -0.2) is 0 Å². The van der Waals surface area contributed by atoms with Crippen LogP contribution in [0.5, 0.6) is 0 Å². The Balaban J connectivity index is 2.66. The van der Waals surface area contributed by atoms with Crippen molar-refractivity contribution in [1.82, 2.24) is 0 Å². The van der Waals surface area contributed by atoms with E-state index in [1.54, 1.807) is 5.19 Å². The average Bonchev–Trinajstić information content (AvgIpc) is 2.95. The van der Waals surface area contributed by atoms with Crippen LogP contribution in [0.3, 0.4) is 0 Å². The molecule has 0 aromatic heterocycles. The van der Waals surface area contributed by atoms with Crippen LogP contribution >= 0.6 is 0 Å². The molecule has 32 heavy (non-hydrogen) atoms. The van der Waals surface area contributed by atoms with Crippen molar-refractivity contribution in [3.63, 3.8) is 0 Å². The second-order valence-electron chi connectivity index (χ2n) is 11.9. The van der Waals surface area contributed by atoms with Crippen molar-refractivity contribution >= 4 is 38.8 Å². The molecule has 1 fully saturated rings. The number of rotatable bonds is 13. The van der Waals surface area contributed by atoms with Crippen LogP contribution in [0.15, 0.2) is 30.3 Å². The first-order valence-corrected chi connectivity index (χ1v) is 24.2. The molecule has 1 aliphatic rings. The van der Waals surface area contributed by atoms with Gasteiger partial charge in [-0.3, -0.25) is 0 Å². The van der Waals surface area contributed by atoms with Crippen LogP contribution in [-0.2, 0) is 9.31 Å². The molecule has 0 radical (unpaired) electrons. The summed E-state index contributed by atoms with van der Waals surface area (Å²) in [6.45, 7) is 21.3. The first-order chi connectivity index (χ1) is 15.0. The molecule has 0 aliphatic carbocycles. The van der Waals surface area contributed by atoms with Gasteiger partial charge in [-0.2, -0.15) is 0 Å². The van der Waals surface area contributed by atoms with Gasteiger partial charge in [-0.15, -0.1) is 0 Å². The molecular weight excluding hydrogens is 514 g/mol. The SMILES string of the molecule is CCC[CH2][Sn]([CH2]CCC)([CH2]CCC)[CH](B1OC(C)(C)C(C)(C)O1)[Si](C)(C)c1ccccc1. The van der Waals surface area contributed by atoms with Crippen molar-refractivity contribution in [2.45, 2.75) is 128 Å². The zero-order chi connectivity index (χ0) is 24.0. The summed E-state index contributed by atoms with van der Waals surface area (Å²) in [7, 11) is -1.88. The van der Waals surface area contributed by atoms with Crippen molar-refractivity contribution in [3.05, 3.63) is 30.3 Å². The number of benzene rings is 1. The maximum absolute atomic E-state index is 6.94. The topological polar surface area (TPSA) is 18.5 Å². The van der Waals surface area contributed by atoms with E-state index in [0.29, 0.717) is 3.46 Å². The van der Waals surface area contributed by atoms with Crippen molar-refractivity contribution in [2.75, 3.05) is 0 Å². The predicted octanol–water partition coefficient (Wildman–Crippen LogP) is 7.99. The summed E-state index contributed by atoms with van der Waals surface area (Å²) < 4.78 is 19.0. The fraction of sp³-hybridized carbons (Fsp3) is 0.778. The summed E-state index contributed by atoms with van der Waals surface area (Å²) in [5.74, 6) is 0. The van der Waals surface area contributed by atoms with Gasteiger partial charge in [0.2, 0.25) is 0 Å².